The van der Waals surface area contributed by atoms with Gasteiger partial charge in [-0.05, 0) is 148 Å². The van der Waals surface area contributed by atoms with Crippen molar-refractivity contribution in [3.8, 4) is 5.75 Å². The Balaban J connectivity index is 0. The number of aromatic carboxylic acids is 8. The third-order valence-corrected chi connectivity index (χ3v) is 14.5. The third-order valence-electron chi connectivity index (χ3n) is 14.5. The number of benzene rings is 7. The van der Waals surface area contributed by atoms with E-state index in [4.69, 9.17) is 56.2 Å². The fourth-order valence-corrected chi connectivity index (χ4v) is 9.34. The fraction of sp³-hybridized carbons (Fsp3) is 0.325. The maximum atomic E-state index is 10.6. The second kappa shape index (κ2) is 50.5. The third kappa shape index (κ3) is 35.0. The number of aliphatic carboxylic acids is 2. The van der Waals surface area contributed by atoms with Crippen LogP contribution < -0.4 is 0 Å². The van der Waals surface area contributed by atoms with Crippen molar-refractivity contribution in [1.82, 2.24) is 0 Å². The van der Waals surface area contributed by atoms with Crippen molar-refractivity contribution >= 4 is 59.7 Å². The van der Waals surface area contributed by atoms with Crippen molar-refractivity contribution in [2.45, 2.75) is 146 Å². The highest BCUT2D eigenvalue weighted by Gasteiger charge is 2.57. The van der Waals surface area contributed by atoms with E-state index in [0.717, 1.165) is 60.8 Å². The molecular formula is C77H96O21. The largest absolute Gasteiger partial charge is 0.507 e. The molecule has 1 spiro atoms. The van der Waals surface area contributed by atoms with Gasteiger partial charge in [0.25, 0.3) is 0 Å². The molecule has 0 aliphatic heterocycles. The number of carbonyl (C=O) groups is 10. The second-order valence-electron chi connectivity index (χ2n) is 21.1. The van der Waals surface area contributed by atoms with E-state index in [1.807, 2.05) is 85.7 Å². The van der Waals surface area contributed by atoms with Crippen LogP contribution in [0.5, 0.6) is 5.75 Å². The van der Waals surface area contributed by atoms with Gasteiger partial charge in [-0.1, -0.05) is 202 Å². The van der Waals surface area contributed by atoms with Crippen LogP contribution in [0.2, 0.25) is 0 Å². The summed E-state index contributed by atoms with van der Waals surface area (Å²) >= 11 is 0. The van der Waals surface area contributed by atoms with Gasteiger partial charge in [-0.2, -0.15) is 0 Å². The molecular weight excluding hydrogens is 1260 g/mol. The van der Waals surface area contributed by atoms with Crippen LogP contribution in [0.25, 0.3) is 0 Å². The molecule has 7 aromatic rings. The molecule has 0 aromatic heterocycles. The molecule has 21 heteroatoms. The monoisotopic (exact) mass is 1360 g/mol. The molecule has 3 saturated carbocycles. The first kappa shape index (κ1) is 89.1. The van der Waals surface area contributed by atoms with Crippen molar-refractivity contribution in [3.05, 3.63) is 243 Å². The number of rotatable bonds is 11. The molecule has 3 aliphatic carbocycles. The number of hydrogen-bond acceptors (Lipinski definition) is 11. The van der Waals surface area contributed by atoms with Gasteiger partial charge < -0.3 is 56.2 Å². The number of hydrogen-bond donors (Lipinski definition) is 11. The highest BCUT2D eigenvalue weighted by molar-refractivity contribution is 6.01. The molecule has 0 radical (unpaired) electrons. The van der Waals surface area contributed by atoms with E-state index in [9.17, 15) is 47.9 Å². The van der Waals surface area contributed by atoms with Crippen LogP contribution in [0.4, 0.5) is 0 Å². The minimum atomic E-state index is -1.23. The van der Waals surface area contributed by atoms with Crippen LogP contribution in [0, 0.1) is 38.0 Å². The normalized spacial score (nSPS) is 12.8. The minimum Gasteiger partial charge on any atom is -0.507 e. The Morgan fingerprint density at radius 3 is 1.00 bits per heavy atom. The van der Waals surface area contributed by atoms with Gasteiger partial charge in [-0.15, -0.1) is 0 Å². The Labute approximate surface area is 573 Å². The average Bonchev–Trinajstić information content (AvgIpc) is 1.59. The van der Waals surface area contributed by atoms with E-state index in [0.29, 0.717) is 27.8 Å². The molecule has 0 saturated heterocycles. The first-order chi connectivity index (χ1) is 46.6. The summed E-state index contributed by atoms with van der Waals surface area (Å²) in [6.45, 7) is 19.4. The van der Waals surface area contributed by atoms with Crippen LogP contribution >= 0.6 is 0 Å². The molecule has 530 valence electrons. The molecule has 7 aromatic carbocycles. The van der Waals surface area contributed by atoms with Crippen molar-refractivity contribution in [3.63, 3.8) is 0 Å². The smallest absolute Gasteiger partial charge is 0.339 e. The van der Waals surface area contributed by atoms with Crippen molar-refractivity contribution in [2.24, 2.45) is 17.3 Å². The van der Waals surface area contributed by atoms with E-state index >= 15 is 0 Å². The Morgan fingerprint density at radius 1 is 0.357 bits per heavy atom. The first-order valence-electron chi connectivity index (χ1n) is 32.1. The van der Waals surface area contributed by atoms with Crippen molar-refractivity contribution in [2.75, 3.05) is 0 Å². The zero-order valence-electron chi connectivity index (χ0n) is 57.4. The maximum Gasteiger partial charge on any atom is 0.339 e. The summed E-state index contributed by atoms with van der Waals surface area (Å²) in [5.74, 6) is -9.27. The van der Waals surface area contributed by atoms with E-state index in [1.54, 1.807) is 123 Å². The molecule has 10 rings (SSSR count). The molecule has 3 aliphatic rings. The predicted molar refractivity (Wildman–Crippen MR) is 376 cm³/mol. The van der Waals surface area contributed by atoms with Gasteiger partial charge in [0.1, 0.15) is 11.3 Å². The molecule has 1 unspecified atom stereocenters. The Bertz CT molecular complexity index is 3410. The lowest BCUT2D eigenvalue weighted by atomic mass is 9.84. The Kier molecular flexibility index (Phi) is 45.9. The summed E-state index contributed by atoms with van der Waals surface area (Å²) in [6.07, 6.45) is 13.1. The van der Waals surface area contributed by atoms with Crippen molar-refractivity contribution in [1.29, 1.82) is 0 Å². The highest BCUT2D eigenvalue weighted by Crippen LogP contribution is 2.61. The van der Waals surface area contributed by atoms with Crippen LogP contribution in [-0.2, 0) is 16.0 Å². The number of phenols is 1. The Morgan fingerprint density at radius 2 is 0.704 bits per heavy atom. The molecule has 3 fully saturated rings. The number of para-hydroxylation sites is 1. The minimum absolute atomic E-state index is 0.0165. The van der Waals surface area contributed by atoms with E-state index in [1.165, 1.54) is 74.9 Å². The van der Waals surface area contributed by atoms with Crippen molar-refractivity contribution < 1.29 is 104 Å². The zero-order chi connectivity index (χ0) is 74.9. The number of carboxylic acids is 10. The lowest BCUT2D eigenvalue weighted by molar-refractivity contribution is -0.143. The summed E-state index contributed by atoms with van der Waals surface area (Å²) in [5.41, 5.74) is 5.14. The van der Waals surface area contributed by atoms with Crippen LogP contribution in [-0.4, -0.2) is 116 Å². The topological polar surface area (TPSA) is 393 Å². The molecule has 21 nitrogen and oxygen atoms in total. The van der Waals surface area contributed by atoms with Gasteiger partial charge in [0.05, 0.1) is 50.8 Å². The van der Waals surface area contributed by atoms with Crippen LogP contribution in [0.15, 0.2) is 176 Å². The zero-order valence-corrected chi connectivity index (χ0v) is 57.4. The van der Waals surface area contributed by atoms with Crippen LogP contribution in [0.1, 0.15) is 224 Å². The summed E-state index contributed by atoms with van der Waals surface area (Å²) in [6, 6.07) is 47.2. The van der Waals surface area contributed by atoms with Gasteiger partial charge in [-0.3, -0.25) is 9.59 Å². The highest BCUT2D eigenvalue weighted by atomic mass is 16.4. The Hall–Kier alpha value is -11.0. The lowest BCUT2D eigenvalue weighted by Crippen LogP contribution is -2.16. The fourth-order valence-electron chi connectivity index (χ4n) is 9.34. The van der Waals surface area contributed by atoms with Gasteiger partial charge in [0.15, 0.2) is 0 Å². The van der Waals surface area contributed by atoms with Gasteiger partial charge in [0, 0.05) is 0 Å². The first-order valence-corrected chi connectivity index (χ1v) is 32.1. The second-order valence-corrected chi connectivity index (χ2v) is 21.1. The van der Waals surface area contributed by atoms with Gasteiger partial charge >= 0.3 is 59.7 Å². The SMILES string of the molecule is CC.CC.CC.CCc1ccccc1C(=O)O.Cc1ccc(C)c(C(=O)O)c1.Cc1ccccc1C(=O)O.O=C(O)C1CC12CCCCC2.O=C(O)C1CCCCC1.O=C(O)c1ccccc1.O=C(O)c1ccccc1.O=C(O)c1ccccc1C(=O)O.O=C(O)c1ccccc1O. The predicted octanol–water partition coefficient (Wildman–Crippen LogP) is 17.4. The summed E-state index contributed by atoms with van der Waals surface area (Å²) in [4.78, 5) is 104. The number of aromatic hydroxyl groups is 1. The lowest BCUT2D eigenvalue weighted by Gasteiger charge is -2.20. The summed E-state index contributed by atoms with van der Waals surface area (Å²) < 4.78 is 0. The summed E-state index contributed by atoms with van der Waals surface area (Å²) in [7, 11) is 0. The molecule has 1 atom stereocenters. The maximum absolute atomic E-state index is 10.6. The summed E-state index contributed by atoms with van der Waals surface area (Å²) in [5, 5.41) is 94.4. The molecule has 98 heavy (non-hydrogen) atoms. The van der Waals surface area contributed by atoms with Gasteiger partial charge in [0.2, 0.25) is 0 Å². The molecule has 11 N–H and O–H groups in total. The quantitative estimate of drug-likeness (QED) is 0.0573. The average molecular weight is 1360 g/mol. The number of carboxylic acid groups (broad SMARTS) is 10. The van der Waals surface area contributed by atoms with Crippen LogP contribution in [0.3, 0.4) is 0 Å². The number of aryl methyl sites for hydroxylation is 4. The molecule has 0 heterocycles. The van der Waals surface area contributed by atoms with Gasteiger partial charge in [-0.25, -0.2) is 38.4 Å². The molecule has 0 bridgehead atoms. The standard InChI is InChI=1S/C9H14O2.2C9H10O2.C8H6O4.C8H8O2.C7H6O3.C7H12O2.2C7H6O2.3C2H6/c10-8(11)7-6-9(7)4-2-1-3-5-9;1-6-3-4-7(2)8(5-6)9(10)11;1-2-7-5-3-4-6-8(7)9(10)11;9-7(10)5-3-1-2-4-6(5)8(11)12;1-6-4-2-3-5-7(6)8(9)10;8-6-4-2-1-3-5(6)7(9)10;3*8-7(9)6-4-2-1-3-5-6;3*1-2/h7H,1-6H2,(H,10,11);3-5H,1-2H3,(H,10,11);3-6H,2H2,1H3,(H,10,11);1-4H,(H,9,10)(H,11,12);2-5H,1H3,(H,9,10);1-4,8H,(H,9,10);6H,1-5H2,(H,8,9);2*1-5H,(H,8,9);3*1-2H3. The van der Waals surface area contributed by atoms with E-state index in [2.05, 4.69) is 0 Å². The van der Waals surface area contributed by atoms with E-state index < -0.39 is 59.7 Å². The van der Waals surface area contributed by atoms with E-state index in [-0.39, 0.29) is 39.7 Å². The molecule has 0 amide bonds.